The molecule has 2 aromatic carbocycles. The van der Waals surface area contributed by atoms with Crippen LogP contribution in [0.4, 0.5) is 8.78 Å². The van der Waals surface area contributed by atoms with Gasteiger partial charge in [0.1, 0.15) is 5.75 Å². The molecular weight excluding hydrogens is 344 g/mol. The van der Waals surface area contributed by atoms with Gasteiger partial charge in [-0.15, -0.1) is 0 Å². The fraction of sp³-hybridized carbons (Fsp3) is 0.263. The molecule has 5 nitrogen and oxygen atoms in total. The molecule has 0 aliphatic carbocycles. The van der Waals surface area contributed by atoms with Crippen LogP contribution in [0.5, 0.6) is 5.75 Å². The number of carbonyl (C=O) groups excluding carboxylic acids is 1. The van der Waals surface area contributed by atoms with Gasteiger partial charge in [-0.3, -0.25) is 4.79 Å². The molecule has 2 aromatic rings. The first-order valence-electron chi connectivity index (χ1n) is 7.84. The number of amides is 1. The lowest BCUT2D eigenvalue weighted by atomic mass is 10.0. The van der Waals surface area contributed by atoms with Crippen molar-refractivity contribution in [3.8, 4) is 5.75 Å². The second kappa shape index (κ2) is 7.95. The second-order valence-electron chi connectivity index (χ2n) is 6.03. The minimum absolute atomic E-state index is 0.116. The van der Waals surface area contributed by atoms with Gasteiger partial charge in [0.05, 0.1) is 0 Å². The van der Waals surface area contributed by atoms with E-state index < -0.39 is 24.2 Å². The van der Waals surface area contributed by atoms with Gasteiger partial charge in [0.15, 0.2) is 18.2 Å². The summed E-state index contributed by atoms with van der Waals surface area (Å²) in [5.74, 6) is -2.87. The molecule has 2 rings (SSSR count). The molecule has 0 heterocycles. The van der Waals surface area contributed by atoms with Crippen molar-refractivity contribution in [2.45, 2.75) is 20.4 Å². The van der Waals surface area contributed by atoms with Crippen molar-refractivity contribution in [3.63, 3.8) is 0 Å². The Labute approximate surface area is 149 Å². The van der Waals surface area contributed by atoms with Gasteiger partial charge in [-0.25, -0.2) is 13.6 Å². The summed E-state index contributed by atoms with van der Waals surface area (Å²) in [6.45, 7) is 3.09. The molecule has 26 heavy (non-hydrogen) atoms. The molecule has 1 amide bonds. The smallest absolute Gasteiger partial charge is 0.341 e. The quantitative estimate of drug-likeness (QED) is 0.855. The lowest BCUT2D eigenvalue weighted by molar-refractivity contribution is -0.139. The van der Waals surface area contributed by atoms with Crippen LogP contribution in [0.15, 0.2) is 30.3 Å². The van der Waals surface area contributed by atoms with Crippen molar-refractivity contribution >= 4 is 11.9 Å². The number of carbonyl (C=O) groups is 2. The number of ether oxygens (including phenoxy) is 1. The van der Waals surface area contributed by atoms with Crippen LogP contribution in [0, 0.1) is 25.5 Å². The Morgan fingerprint density at radius 3 is 2.23 bits per heavy atom. The summed E-state index contributed by atoms with van der Waals surface area (Å²) < 4.78 is 31.5. The van der Waals surface area contributed by atoms with Crippen molar-refractivity contribution in [1.82, 2.24) is 4.90 Å². The van der Waals surface area contributed by atoms with Gasteiger partial charge >= 0.3 is 5.97 Å². The SMILES string of the molecule is Cc1cc(C(=O)N(C)Cc2ccc(F)c(F)c2)cc(C)c1OCC(=O)O. The highest BCUT2D eigenvalue weighted by atomic mass is 19.2. The summed E-state index contributed by atoms with van der Waals surface area (Å²) >= 11 is 0. The molecule has 0 aromatic heterocycles. The zero-order valence-corrected chi connectivity index (χ0v) is 14.7. The average molecular weight is 363 g/mol. The van der Waals surface area contributed by atoms with Crippen LogP contribution in [-0.4, -0.2) is 35.5 Å². The Kier molecular flexibility index (Phi) is 5.92. The van der Waals surface area contributed by atoms with Crippen LogP contribution in [0.25, 0.3) is 0 Å². The predicted octanol–water partition coefficient (Wildman–Crippen LogP) is 3.32. The number of hydrogen-bond donors (Lipinski definition) is 1. The molecular formula is C19H19F2NO4. The molecule has 0 aliphatic heterocycles. The highest BCUT2D eigenvalue weighted by Crippen LogP contribution is 2.25. The summed E-state index contributed by atoms with van der Waals surface area (Å²) in [5, 5.41) is 8.71. The molecule has 0 fully saturated rings. The van der Waals surface area contributed by atoms with E-state index in [1.54, 1.807) is 33.0 Å². The van der Waals surface area contributed by atoms with Gasteiger partial charge in [-0.2, -0.15) is 0 Å². The van der Waals surface area contributed by atoms with Crippen LogP contribution >= 0.6 is 0 Å². The van der Waals surface area contributed by atoms with E-state index in [1.165, 1.54) is 11.0 Å². The zero-order valence-electron chi connectivity index (χ0n) is 14.7. The summed E-state index contributed by atoms with van der Waals surface area (Å²) in [4.78, 5) is 24.6. The Morgan fingerprint density at radius 1 is 1.08 bits per heavy atom. The van der Waals surface area contributed by atoms with E-state index in [0.29, 0.717) is 28.0 Å². The highest BCUT2D eigenvalue weighted by molar-refractivity contribution is 5.94. The number of carboxylic acid groups (broad SMARTS) is 1. The van der Waals surface area contributed by atoms with E-state index in [9.17, 15) is 18.4 Å². The second-order valence-corrected chi connectivity index (χ2v) is 6.03. The molecule has 0 saturated heterocycles. The molecule has 0 unspecified atom stereocenters. The summed E-state index contributed by atoms with van der Waals surface area (Å²) in [6, 6.07) is 6.70. The van der Waals surface area contributed by atoms with Crippen molar-refractivity contribution in [2.24, 2.45) is 0 Å². The van der Waals surface area contributed by atoms with Gasteiger partial charge in [-0.1, -0.05) is 6.07 Å². The van der Waals surface area contributed by atoms with Crippen LogP contribution in [-0.2, 0) is 11.3 Å². The molecule has 0 saturated carbocycles. The fourth-order valence-electron chi connectivity index (χ4n) is 2.64. The monoisotopic (exact) mass is 363 g/mol. The van der Waals surface area contributed by atoms with Crippen molar-refractivity contribution in [3.05, 3.63) is 64.2 Å². The van der Waals surface area contributed by atoms with Gasteiger partial charge in [-0.05, 0) is 54.8 Å². The Bertz CT molecular complexity index is 828. The van der Waals surface area contributed by atoms with Gasteiger partial charge in [0, 0.05) is 19.2 Å². The summed E-state index contributed by atoms with van der Waals surface area (Å²) in [7, 11) is 1.56. The normalized spacial score (nSPS) is 10.5. The lowest BCUT2D eigenvalue weighted by Gasteiger charge is -2.19. The number of aliphatic carboxylic acids is 1. The molecule has 0 radical (unpaired) electrons. The maximum atomic E-state index is 13.3. The Morgan fingerprint density at radius 2 is 1.69 bits per heavy atom. The average Bonchev–Trinajstić information content (AvgIpc) is 2.56. The van der Waals surface area contributed by atoms with E-state index in [-0.39, 0.29) is 12.5 Å². The summed E-state index contributed by atoms with van der Waals surface area (Å²) in [5.41, 5.74) is 2.13. The minimum Gasteiger partial charge on any atom is -0.481 e. The number of aryl methyl sites for hydroxylation is 2. The van der Waals surface area contributed by atoms with Crippen LogP contribution in [0.2, 0.25) is 0 Å². The van der Waals surface area contributed by atoms with E-state index >= 15 is 0 Å². The molecule has 0 bridgehead atoms. The van der Waals surface area contributed by atoms with Crippen molar-refractivity contribution in [2.75, 3.05) is 13.7 Å². The Balaban J connectivity index is 2.17. The topological polar surface area (TPSA) is 66.8 Å². The molecule has 138 valence electrons. The number of rotatable bonds is 6. The van der Waals surface area contributed by atoms with Crippen LogP contribution in [0.3, 0.4) is 0 Å². The van der Waals surface area contributed by atoms with Crippen molar-refractivity contribution in [1.29, 1.82) is 0 Å². The van der Waals surface area contributed by atoms with Crippen LogP contribution < -0.4 is 4.74 Å². The lowest BCUT2D eigenvalue weighted by Crippen LogP contribution is -2.26. The maximum Gasteiger partial charge on any atom is 0.341 e. The van der Waals surface area contributed by atoms with Crippen LogP contribution in [0.1, 0.15) is 27.0 Å². The number of benzene rings is 2. The summed E-state index contributed by atoms with van der Waals surface area (Å²) in [6.07, 6.45) is 0. The zero-order chi connectivity index (χ0) is 19.4. The predicted molar refractivity (Wildman–Crippen MR) is 91.2 cm³/mol. The first-order chi connectivity index (χ1) is 12.2. The van der Waals surface area contributed by atoms with Gasteiger partial charge in [0.25, 0.3) is 5.91 Å². The van der Waals surface area contributed by atoms with E-state index in [2.05, 4.69) is 0 Å². The minimum atomic E-state index is -1.09. The standard InChI is InChI=1S/C19H19F2NO4/c1-11-6-14(7-12(2)18(11)26-10-17(23)24)19(25)22(3)9-13-4-5-15(20)16(21)8-13/h4-8H,9-10H2,1-3H3,(H,23,24). The molecule has 0 aliphatic rings. The Hall–Kier alpha value is -2.96. The first-order valence-corrected chi connectivity index (χ1v) is 7.84. The maximum absolute atomic E-state index is 13.3. The fourth-order valence-corrected chi connectivity index (χ4v) is 2.64. The van der Waals surface area contributed by atoms with E-state index in [4.69, 9.17) is 9.84 Å². The van der Waals surface area contributed by atoms with E-state index in [1.807, 2.05) is 0 Å². The van der Waals surface area contributed by atoms with Gasteiger partial charge < -0.3 is 14.7 Å². The van der Waals surface area contributed by atoms with Crippen molar-refractivity contribution < 1.29 is 28.2 Å². The highest BCUT2D eigenvalue weighted by Gasteiger charge is 2.17. The molecule has 7 heteroatoms. The number of carboxylic acids is 1. The number of nitrogens with zero attached hydrogens (tertiary/aromatic N) is 1. The number of halogens is 2. The third kappa shape index (κ3) is 4.56. The first kappa shape index (κ1) is 19.4. The van der Waals surface area contributed by atoms with E-state index in [0.717, 1.165) is 12.1 Å². The number of hydrogen-bond acceptors (Lipinski definition) is 3. The third-order valence-corrected chi connectivity index (χ3v) is 3.80. The third-order valence-electron chi connectivity index (χ3n) is 3.80. The molecule has 0 atom stereocenters. The van der Waals surface area contributed by atoms with Gasteiger partial charge in [0.2, 0.25) is 0 Å². The molecule has 1 N–H and O–H groups in total. The molecule has 0 spiro atoms. The largest absolute Gasteiger partial charge is 0.481 e.